The molecule has 0 saturated carbocycles. The third-order valence-electron chi connectivity index (χ3n) is 7.86. The van der Waals surface area contributed by atoms with Gasteiger partial charge in [0.2, 0.25) is 5.65 Å². The van der Waals surface area contributed by atoms with Crippen LogP contribution < -0.4 is 5.56 Å². The molecule has 0 atom stereocenters. The van der Waals surface area contributed by atoms with Gasteiger partial charge >= 0.3 is 0 Å². The van der Waals surface area contributed by atoms with Gasteiger partial charge in [0.05, 0.1) is 12.5 Å². The molecular formula is C35H30N6O2. The molecular weight excluding hydrogens is 536 g/mol. The highest BCUT2D eigenvalue weighted by Gasteiger charge is 2.38. The molecule has 0 radical (unpaired) electrons. The van der Waals surface area contributed by atoms with E-state index in [4.69, 9.17) is 14.5 Å². The molecule has 0 N–H and O–H groups in total. The number of fused-ring (bicyclic) bond motifs is 1. The minimum atomic E-state index is -0.718. The predicted molar refractivity (Wildman–Crippen MR) is 166 cm³/mol. The summed E-state index contributed by atoms with van der Waals surface area (Å²) in [6, 6.07) is 34.8. The Bertz CT molecular complexity index is 1990. The molecule has 0 saturated heterocycles. The molecule has 4 heterocycles. The van der Waals surface area contributed by atoms with Crippen LogP contribution in [0.2, 0.25) is 0 Å². The van der Waals surface area contributed by atoms with Crippen molar-refractivity contribution in [1.29, 1.82) is 0 Å². The lowest BCUT2D eigenvalue weighted by Gasteiger charge is -2.37. The van der Waals surface area contributed by atoms with Gasteiger partial charge in [0.15, 0.2) is 11.6 Å². The molecule has 4 aromatic heterocycles. The van der Waals surface area contributed by atoms with E-state index in [1.807, 2.05) is 63.6 Å². The van der Waals surface area contributed by atoms with Crippen LogP contribution in [0.5, 0.6) is 0 Å². The third kappa shape index (κ3) is 4.22. The summed E-state index contributed by atoms with van der Waals surface area (Å²) in [5, 5.41) is 4.90. The van der Waals surface area contributed by atoms with Crippen LogP contribution in [0.3, 0.4) is 0 Å². The lowest BCUT2D eigenvalue weighted by molar-refractivity contribution is 0.512. The largest absolute Gasteiger partial charge is 0.458 e. The Hall–Kier alpha value is -5.50. The van der Waals surface area contributed by atoms with Crippen molar-refractivity contribution in [3.63, 3.8) is 0 Å². The molecule has 0 bridgehead atoms. The van der Waals surface area contributed by atoms with Gasteiger partial charge in [-0.2, -0.15) is 0 Å². The molecule has 3 aromatic carbocycles. The van der Waals surface area contributed by atoms with Gasteiger partial charge in [-0.25, -0.2) is 14.5 Å². The number of hydrogen-bond acceptors (Lipinski definition) is 5. The van der Waals surface area contributed by atoms with E-state index in [9.17, 15) is 4.79 Å². The molecule has 8 nitrogen and oxygen atoms in total. The SMILES string of the molecule is Cc1ccc(-c2nn3c(-c4cn(C(c5ccccc5)(c5ccccc5)c5ccccc5)cn4)cnc3c(=O)n2C(C)C)o1. The van der Waals surface area contributed by atoms with Gasteiger partial charge < -0.3 is 8.98 Å². The minimum Gasteiger partial charge on any atom is -0.458 e. The Balaban J connectivity index is 1.47. The Morgan fingerprint density at radius 3 is 1.86 bits per heavy atom. The lowest BCUT2D eigenvalue weighted by atomic mass is 9.77. The topological polar surface area (TPSA) is 83.2 Å². The second-order valence-corrected chi connectivity index (χ2v) is 10.9. The Morgan fingerprint density at radius 2 is 1.35 bits per heavy atom. The maximum absolute atomic E-state index is 13.7. The zero-order valence-electron chi connectivity index (χ0n) is 24.1. The molecule has 7 aromatic rings. The van der Waals surface area contributed by atoms with Crippen LogP contribution in [0.4, 0.5) is 0 Å². The summed E-state index contributed by atoms with van der Waals surface area (Å²) in [4.78, 5) is 23.1. The van der Waals surface area contributed by atoms with E-state index in [0.717, 1.165) is 22.5 Å². The van der Waals surface area contributed by atoms with Crippen molar-refractivity contribution in [3.05, 3.63) is 155 Å². The van der Waals surface area contributed by atoms with Crippen molar-refractivity contribution in [2.24, 2.45) is 0 Å². The van der Waals surface area contributed by atoms with Crippen LogP contribution in [0.1, 0.15) is 42.3 Å². The fourth-order valence-electron chi connectivity index (χ4n) is 5.94. The van der Waals surface area contributed by atoms with E-state index >= 15 is 0 Å². The smallest absolute Gasteiger partial charge is 0.297 e. The molecule has 0 amide bonds. The zero-order valence-corrected chi connectivity index (χ0v) is 24.1. The van der Waals surface area contributed by atoms with E-state index in [1.54, 1.807) is 15.3 Å². The first-order valence-electron chi connectivity index (χ1n) is 14.3. The summed E-state index contributed by atoms with van der Waals surface area (Å²) in [5.41, 5.74) is 3.76. The average Bonchev–Trinajstić information content (AvgIpc) is 3.79. The second kappa shape index (κ2) is 10.4. The van der Waals surface area contributed by atoms with Gasteiger partial charge in [0.1, 0.15) is 22.7 Å². The molecule has 0 aliphatic rings. The first kappa shape index (κ1) is 26.4. The van der Waals surface area contributed by atoms with Crippen LogP contribution in [0.15, 0.2) is 131 Å². The highest BCUT2D eigenvalue weighted by molar-refractivity contribution is 5.61. The van der Waals surface area contributed by atoms with Crippen LogP contribution in [-0.2, 0) is 5.54 Å². The fourth-order valence-corrected chi connectivity index (χ4v) is 5.94. The maximum atomic E-state index is 13.7. The standard InChI is InChI=1S/C35H30N6O2/c1-24(2)40-32(31-20-19-25(3)43-31)38-41-30(21-36-33(41)34(40)42)29-22-39(23-37-29)35(26-13-7-4-8-14-26,27-15-9-5-10-16-27)28-17-11-6-12-18-28/h4-24H,1-3H3. The summed E-state index contributed by atoms with van der Waals surface area (Å²) in [5.74, 6) is 1.70. The van der Waals surface area contributed by atoms with Crippen LogP contribution in [-0.4, -0.2) is 28.7 Å². The molecule has 0 aliphatic heterocycles. The monoisotopic (exact) mass is 566 g/mol. The van der Waals surface area contributed by atoms with Crippen molar-refractivity contribution >= 4 is 5.65 Å². The number of benzene rings is 3. The molecule has 43 heavy (non-hydrogen) atoms. The quantitative estimate of drug-likeness (QED) is 0.200. The maximum Gasteiger partial charge on any atom is 0.297 e. The Labute approximate surface area is 248 Å². The highest BCUT2D eigenvalue weighted by Crippen LogP contribution is 2.41. The van der Waals surface area contributed by atoms with Gasteiger partial charge in [0, 0.05) is 12.2 Å². The summed E-state index contributed by atoms with van der Waals surface area (Å²) in [6.45, 7) is 5.76. The zero-order chi connectivity index (χ0) is 29.6. The predicted octanol–water partition coefficient (Wildman–Crippen LogP) is 6.74. The second-order valence-electron chi connectivity index (χ2n) is 10.9. The molecule has 212 valence electrons. The van der Waals surface area contributed by atoms with E-state index in [2.05, 4.69) is 82.3 Å². The first-order valence-corrected chi connectivity index (χ1v) is 14.3. The minimum absolute atomic E-state index is 0.145. The molecule has 0 aliphatic carbocycles. The van der Waals surface area contributed by atoms with Gasteiger partial charge in [-0.1, -0.05) is 91.0 Å². The van der Waals surface area contributed by atoms with Gasteiger partial charge in [-0.3, -0.25) is 9.36 Å². The van der Waals surface area contributed by atoms with E-state index in [1.165, 1.54) is 0 Å². The molecule has 0 spiro atoms. The van der Waals surface area contributed by atoms with Crippen molar-refractivity contribution in [3.8, 4) is 23.0 Å². The van der Waals surface area contributed by atoms with Crippen molar-refractivity contribution in [2.45, 2.75) is 32.4 Å². The van der Waals surface area contributed by atoms with E-state index < -0.39 is 5.54 Å². The Morgan fingerprint density at radius 1 is 0.767 bits per heavy atom. The first-order chi connectivity index (χ1) is 21.0. The number of furan rings is 1. The number of aryl methyl sites for hydroxylation is 1. The number of hydrogen-bond donors (Lipinski definition) is 0. The van der Waals surface area contributed by atoms with Crippen molar-refractivity contribution in [2.75, 3.05) is 0 Å². The van der Waals surface area contributed by atoms with E-state index in [-0.39, 0.29) is 17.2 Å². The van der Waals surface area contributed by atoms with Gasteiger partial charge in [0.25, 0.3) is 5.56 Å². The average molecular weight is 567 g/mol. The van der Waals surface area contributed by atoms with Crippen molar-refractivity contribution < 1.29 is 4.42 Å². The molecule has 0 unspecified atom stereocenters. The highest BCUT2D eigenvalue weighted by atomic mass is 16.3. The Kier molecular flexibility index (Phi) is 6.39. The number of imidazole rings is 2. The van der Waals surface area contributed by atoms with Crippen LogP contribution >= 0.6 is 0 Å². The summed E-state index contributed by atoms with van der Waals surface area (Å²) < 4.78 is 11.2. The molecule has 7 rings (SSSR count). The van der Waals surface area contributed by atoms with Gasteiger partial charge in [-0.05, 0) is 49.6 Å². The molecule has 8 heteroatoms. The third-order valence-corrected chi connectivity index (χ3v) is 7.86. The van der Waals surface area contributed by atoms with Crippen LogP contribution in [0, 0.1) is 6.92 Å². The molecule has 0 fully saturated rings. The fraction of sp³-hybridized carbons (Fsp3) is 0.143. The van der Waals surface area contributed by atoms with Gasteiger partial charge in [-0.15, -0.1) is 5.10 Å². The summed E-state index contributed by atoms with van der Waals surface area (Å²) >= 11 is 0. The number of aromatic nitrogens is 6. The lowest BCUT2D eigenvalue weighted by Crippen LogP contribution is -2.36. The van der Waals surface area contributed by atoms with E-state index in [0.29, 0.717) is 23.0 Å². The van der Waals surface area contributed by atoms with Crippen molar-refractivity contribution in [1.82, 2.24) is 28.7 Å². The van der Waals surface area contributed by atoms with Crippen LogP contribution in [0.25, 0.3) is 28.6 Å². The number of nitrogens with zero attached hydrogens (tertiary/aromatic N) is 6. The summed E-state index contributed by atoms with van der Waals surface area (Å²) in [7, 11) is 0. The summed E-state index contributed by atoms with van der Waals surface area (Å²) in [6.07, 6.45) is 5.50. The normalized spacial score (nSPS) is 11.9. The number of rotatable bonds is 7.